The largest absolute Gasteiger partial charge is 0.388 e. The zero-order valence-electron chi connectivity index (χ0n) is 16.8. The maximum Gasteiger partial charge on any atom is 0.255 e. The maximum absolute atomic E-state index is 13.1. The third-order valence-electron chi connectivity index (χ3n) is 6.65. The minimum absolute atomic E-state index is 0.0682. The second kappa shape index (κ2) is 7.49. The van der Waals surface area contributed by atoms with Crippen LogP contribution in [0.25, 0.3) is 11.2 Å². The molecule has 7 heteroatoms. The Morgan fingerprint density at radius 1 is 1.13 bits per heavy atom. The summed E-state index contributed by atoms with van der Waals surface area (Å²) in [6.45, 7) is 0.425. The molecule has 2 fully saturated rings. The number of fused-ring (bicyclic) bond motifs is 1. The molecule has 1 aromatic carbocycles. The van der Waals surface area contributed by atoms with E-state index in [1.807, 2.05) is 24.5 Å². The minimum atomic E-state index is -1.35. The average molecular weight is 406 g/mol. The van der Waals surface area contributed by atoms with E-state index in [1.165, 1.54) is 12.8 Å². The van der Waals surface area contributed by atoms with E-state index in [0.29, 0.717) is 29.2 Å². The summed E-state index contributed by atoms with van der Waals surface area (Å²) in [4.78, 5) is 23.6. The molecule has 0 spiro atoms. The van der Waals surface area contributed by atoms with Crippen molar-refractivity contribution in [2.45, 2.75) is 49.9 Å². The number of aliphatic hydroxyl groups is 2. The Bertz CT molecular complexity index is 1060. The molecule has 1 aliphatic carbocycles. The van der Waals surface area contributed by atoms with Gasteiger partial charge in [0.25, 0.3) is 5.91 Å². The minimum Gasteiger partial charge on any atom is -0.388 e. The van der Waals surface area contributed by atoms with E-state index in [4.69, 9.17) is 0 Å². The third-order valence-corrected chi connectivity index (χ3v) is 6.65. The highest BCUT2D eigenvalue weighted by Gasteiger charge is 2.43. The molecule has 0 radical (unpaired) electrons. The lowest BCUT2D eigenvalue weighted by molar-refractivity contribution is -0.118. The van der Waals surface area contributed by atoms with Crippen molar-refractivity contribution in [1.82, 2.24) is 19.4 Å². The number of hydrogen-bond donors (Lipinski definition) is 2. The molecular weight excluding hydrogens is 380 g/mol. The quantitative estimate of drug-likeness (QED) is 0.698. The second-order valence-electron chi connectivity index (χ2n) is 8.46. The number of piperidine rings is 1. The topological polar surface area (TPSA) is 91.5 Å². The molecule has 1 aliphatic heterocycles. The van der Waals surface area contributed by atoms with Gasteiger partial charge in [0, 0.05) is 25.2 Å². The van der Waals surface area contributed by atoms with Crippen LogP contribution in [0.5, 0.6) is 0 Å². The number of benzene rings is 1. The van der Waals surface area contributed by atoms with Gasteiger partial charge in [-0.3, -0.25) is 4.79 Å². The Hall–Kier alpha value is -2.77. The number of nitrogens with zero attached hydrogens (tertiary/aromatic N) is 4. The lowest BCUT2D eigenvalue weighted by Gasteiger charge is -2.42. The molecule has 2 N–H and O–H groups in total. The molecule has 1 amide bonds. The summed E-state index contributed by atoms with van der Waals surface area (Å²) in [7, 11) is 0. The molecule has 2 aromatic heterocycles. The highest BCUT2D eigenvalue weighted by Crippen LogP contribution is 2.34. The SMILES string of the molecule is O=C(c1cnc2c(c1)ncn2C1CCCC1)N1CC[C@](O)(c2ccccc2)[C@@H](O)C1. The van der Waals surface area contributed by atoms with Crippen molar-refractivity contribution < 1.29 is 15.0 Å². The van der Waals surface area contributed by atoms with E-state index < -0.39 is 11.7 Å². The van der Waals surface area contributed by atoms with Crippen molar-refractivity contribution in [2.24, 2.45) is 0 Å². The molecule has 3 aromatic rings. The van der Waals surface area contributed by atoms with Crippen LogP contribution in [0.4, 0.5) is 0 Å². The first-order chi connectivity index (χ1) is 14.6. The van der Waals surface area contributed by atoms with E-state index in [2.05, 4.69) is 14.5 Å². The normalized spacial score (nSPS) is 25.1. The van der Waals surface area contributed by atoms with Gasteiger partial charge in [-0.05, 0) is 24.5 Å². The number of pyridine rings is 1. The summed E-state index contributed by atoms with van der Waals surface area (Å²) in [6, 6.07) is 11.4. The molecule has 0 unspecified atom stereocenters. The van der Waals surface area contributed by atoms with E-state index in [-0.39, 0.29) is 18.9 Å². The van der Waals surface area contributed by atoms with Gasteiger partial charge >= 0.3 is 0 Å². The average Bonchev–Trinajstić information content (AvgIpc) is 3.45. The Balaban J connectivity index is 1.34. The number of aliphatic hydroxyl groups excluding tert-OH is 1. The molecule has 2 aliphatic rings. The van der Waals surface area contributed by atoms with Crippen molar-refractivity contribution in [3.05, 3.63) is 60.0 Å². The number of carbonyl (C=O) groups excluding carboxylic acids is 1. The summed E-state index contributed by atoms with van der Waals surface area (Å²) in [5.74, 6) is -0.200. The van der Waals surface area contributed by atoms with Crippen molar-refractivity contribution in [3.8, 4) is 0 Å². The van der Waals surface area contributed by atoms with Gasteiger partial charge in [-0.1, -0.05) is 43.2 Å². The molecule has 3 heterocycles. The Morgan fingerprint density at radius 3 is 2.63 bits per heavy atom. The van der Waals surface area contributed by atoms with Crippen LogP contribution in [0, 0.1) is 0 Å². The van der Waals surface area contributed by atoms with Crippen LogP contribution in [0.1, 0.15) is 54.1 Å². The zero-order chi connectivity index (χ0) is 20.7. The number of rotatable bonds is 3. The van der Waals surface area contributed by atoms with Crippen LogP contribution in [-0.2, 0) is 5.60 Å². The van der Waals surface area contributed by atoms with Crippen LogP contribution in [0.3, 0.4) is 0 Å². The van der Waals surface area contributed by atoms with Crippen LogP contribution in [-0.4, -0.2) is 54.7 Å². The molecule has 1 saturated heterocycles. The van der Waals surface area contributed by atoms with Crippen LogP contribution >= 0.6 is 0 Å². The number of β-amino-alcohol motifs (C(OH)–C–C–N with tert-alkyl or cyclic N) is 1. The fourth-order valence-electron chi connectivity index (χ4n) is 4.84. The van der Waals surface area contributed by atoms with Gasteiger partial charge < -0.3 is 19.7 Å². The van der Waals surface area contributed by atoms with Crippen LogP contribution < -0.4 is 0 Å². The first-order valence-corrected chi connectivity index (χ1v) is 10.6. The standard InChI is InChI=1S/C23H26N4O3/c28-20-14-26(11-10-23(20,30)17-6-2-1-3-7-17)22(29)16-12-19-21(24-13-16)27(15-25-19)18-8-4-5-9-18/h1-3,6-7,12-13,15,18,20,28,30H,4-5,8-11,14H2/t20-,23-/m0/s1. The van der Waals surface area contributed by atoms with E-state index in [9.17, 15) is 15.0 Å². The predicted molar refractivity (Wildman–Crippen MR) is 112 cm³/mol. The summed E-state index contributed by atoms with van der Waals surface area (Å²) in [5.41, 5.74) is 1.31. The number of likely N-dealkylation sites (tertiary alicyclic amines) is 1. The molecule has 156 valence electrons. The second-order valence-corrected chi connectivity index (χ2v) is 8.46. The molecule has 2 atom stereocenters. The molecule has 1 saturated carbocycles. The van der Waals surface area contributed by atoms with Gasteiger partial charge in [-0.15, -0.1) is 0 Å². The first kappa shape index (κ1) is 19.2. The number of hydrogen-bond acceptors (Lipinski definition) is 5. The predicted octanol–water partition coefficient (Wildman–Crippen LogP) is 2.64. The van der Waals surface area contributed by atoms with Crippen molar-refractivity contribution in [1.29, 1.82) is 0 Å². The lowest BCUT2D eigenvalue weighted by Crippen LogP contribution is -2.55. The zero-order valence-corrected chi connectivity index (χ0v) is 16.8. The lowest BCUT2D eigenvalue weighted by atomic mass is 9.82. The fourth-order valence-corrected chi connectivity index (χ4v) is 4.84. The maximum atomic E-state index is 13.1. The summed E-state index contributed by atoms with van der Waals surface area (Å²) in [5, 5.41) is 21.7. The van der Waals surface area contributed by atoms with E-state index in [0.717, 1.165) is 18.5 Å². The molecular formula is C23H26N4O3. The highest BCUT2D eigenvalue weighted by atomic mass is 16.3. The smallest absolute Gasteiger partial charge is 0.255 e. The van der Waals surface area contributed by atoms with Gasteiger partial charge in [-0.25, -0.2) is 9.97 Å². The van der Waals surface area contributed by atoms with Gasteiger partial charge in [-0.2, -0.15) is 0 Å². The number of imidazole rings is 1. The number of carbonyl (C=O) groups is 1. The number of aromatic nitrogens is 3. The monoisotopic (exact) mass is 406 g/mol. The van der Waals surface area contributed by atoms with Gasteiger partial charge in [0.1, 0.15) is 17.2 Å². The van der Waals surface area contributed by atoms with Crippen molar-refractivity contribution >= 4 is 17.1 Å². The highest BCUT2D eigenvalue weighted by molar-refractivity contribution is 5.96. The van der Waals surface area contributed by atoms with Crippen molar-refractivity contribution in [2.75, 3.05) is 13.1 Å². The van der Waals surface area contributed by atoms with E-state index >= 15 is 0 Å². The Labute approximate surface area is 175 Å². The summed E-state index contributed by atoms with van der Waals surface area (Å²) < 4.78 is 2.13. The third kappa shape index (κ3) is 3.18. The van der Waals surface area contributed by atoms with Crippen LogP contribution in [0.15, 0.2) is 48.9 Å². The molecule has 0 bridgehead atoms. The Kier molecular flexibility index (Phi) is 4.79. The van der Waals surface area contributed by atoms with E-state index in [1.54, 1.807) is 29.3 Å². The summed E-state index contributed by atoms with van der Waals surface area (Å²) >= 11 is 0. The van der Waals surface area contributed by atoms with Crippen molar-refractivity contribution in [3.63, 3.8) is 0 Å². The number of amides is 1. The first-order valence-electron chi connectivity index (χ1n) is 10.6. The molecule has 7 nitrogen and oxygen atoms in total. The van der Waals surface area contributed by atoms with Gasteiger partial charge in [0.05, 0.1) is 18.4 Å². The van der Waals surface area contributed by atoms with Gasteiger partial charge in [0.15, 0.2) is 5.65 Å². The fraction of sp³-hybridized carbons (Fsp3) is 0.435. The molecule has 30 heavy (non-hydrogen) atoms. The van der Waals surface area contributed by atoms with Crippen LogP contribution in [0.2, 0.25) is 0 Å². The van der Waals surface area contributed by atoms with Gasteiger partial charge in [0.2, 0.25) is 0 Å². The Morgan fingerprint density at radius 2 is 1.90 bits per heavy atom. The summed E-state index contributed by atoms with van der Waals surface area (Å²) in [6.07, 6.45) is 7.38. The molecule has 5 rings (SSSR count).